The minimum atomic E-state index is -0.677. The highest BCUT2D eigenvalue weighted by atomic mass is 32.1. The smallest absolute Gasteiger partial charge is 0.262 e. The Balaban J connectivity index is 1.62. The summed E-state index contributed by atoms with van der Waals surface area (Å²) in [5.74, 6) is -1.13. The van der Waals surface area contributed by atoms with E-state index in [0.717, 1.165) is 30.4 Å². The second kappa shape index (κ2) is 6.10. The van der Waals surface area contributed by atoms with Gasteiger partial charge in [0.25, 0.3) is 5.91 Å². The lowest BCUT2D eigenvalue weighted by Crippen LogP contribution is -2.55. The molecule has 2 aliphatic rings. The van der Waals surface area contributed by atoms with E-state index in [9.17, 15) is 9.18 Å². The first kappa shape index (κ1) is 16.0. The molecular weight excluding hydrogens is 329 g/mol. The molecule has 1 amide bonds. The number of ether oxygens (including phenoxy) is 2. The molecule has 0 unspecified atom stereocenters. The van der Waals surface area contributed by atoms with Crippen LogP contribution in [0.4, 0.5) is 4.39 Å². The number of carbonyl (C=O) groups excluding carboxylic acids is 1. The van der Waals surface area contributed by atoms with Crippen molar-refractivity contribution in [2.75, 3.05) is 13.2 Å². The summed E-state index contributed by atoms with van der Waals surface area (Å²) in [6.07, 6.45) is 3.72. The molecule has 6 heteroatoms. The average molecular weight is 349 g/mol. The third-order valence-electron chi connectivity index (χ3n) is 4.99. The number of thiophene rings is 1. The van der Waals surface area contributed by atoms with Crippen molar-refractivity contribution in [2.45, 2.75) is 44.4 Å². The second-order valence-corrected chi connectivity index (χ2v) is 7.50. The molecule has 1 saturated carbocycles. The zero-order chi connectivity index (χ0) is 16.7. The Hall–Kier alpha value is -1.50. The van der Waals surface area contributed by atoms with Crippen molar-refractivity contribution < 1.29 is 18.7 Å². The maximum Gasteiger partial charge on any atom is 0.262 e. The maximum atomic E-state index is 14.1. The van der Waals surface area contributed by atoms with Crippen LogP contribution in [-0.4, -0.2) is 30.9 Å². The molecule has 1 aliphatic heterocycles. The van der Waals surface area contributed by atoms with Crippen molar-refractivity contribution in [1.29, 1.82) is 0 Å². The Labute approximate surface area is 143 Å². The summed E-state index contributed by atoms with van der Waals surface area (Å²) in [6.45, 7) is 2.94. The van der Waals surface area contributed by atoms with Crippen LogP contribution < -0.4 is 5.32 Å². The summed E-state index contributed by atoms with van der Waals surface area (Å²) in [5, 5.41) is 3.63. The van der Waals surface area contributed by atoms with E-state index >= 15 is 0 Å². The Kier molecular flexibility index (Phi) is 4.06. The molecule has 2 aromatic rings. The molecule has 24 heavy (non-hydrogen) atoms. The van der Waals surface area contributed by atoms with Crippen LogP contribution in [0.1, 0.15) is 40.9 Å². The topological polar surface area (TPSA) is 47.6 Å². The summed E-state index contributed by atoms with van der Waals surface area (Å²) < 4.78 is 26.5. The minimum absolute atomic E-state index is 0.157. The van der Waals surface area contributed by atoms with Crippen molar-refractivity contribution in [2.24, 2.45) is 0 Å². The van der Waals surface area contributed by atoms with Gasteiger partial charge in [0.1, 0.15) is 5.82 Å². The highest BCUT2D eigenvalue weighted by Crippen LogP contribution is 2.37. The monoisotopic (exact) mass is 349 g/mol. The highest BCUT2D eigenvalue weighted by molar-refractivity contribution is 7.21. The Morgan fingerprint density at radius 3 is 2.88 bits per heavy atom. The number of carbonyl (C=O) groups is 1. The van der Waals surface area contributed by atoms with Gasteiger partial charge in [-0.25, -0.2) is 4.39 Å². The van der Waals surface area contributed by atoms with Crippen LogP contribution in [0.15, 0.2) is 18.2 Å². The van der Waals surface area contributed by atoms with Crippen LogP contribution in [0.5, 0.6) is 0 Å². The molecule has 4 nitrogen and oxygen atoms in total. The zero-order valence-electron chi connectivity index (χ0n) is 13.6. The lowest BCUT2D eigenvalue weighted by molar-refractivity contribution is -0.192. The molecule has 1 N–H and O–H groups in total. The molecule has 0 bridgehead atoms. The normalized spacial score (nSPS) is 23.0. The van der Waals surface area contributed by atoms with Gasteiger partial charge in [0.15, 0.2) is 5.79 Å². The molecule has 4 rings (SSSR count). The van der Waals surface area contributed by atoms with Crippen LogP contribution in [0.2, 0.25) is 0 Å². The third-order valence-corrected chi connectivity index (χ3v) is 6.25. The lowest BCUT2D eigenvalue weighted by Gasteiger charge is -2.39. The van der Waals surface area contributed by atoms with Crippen LogP contribution in [0, 0.1) is 12.7 Å². The van der Waals surface area contributed by atoms with E-state index in [1.165, 1.54) is 17.4 Å². The van der Waals surface area contributed by atoms with Crippen LogP contribution in [0.25, 0.3) is 10.1 Å². The first-order valence-electron chi connectivity index (χ1n) is 8.37. The van der Waals surface area contributed by atoms with E-state index < -0.39 is 5.79 Å². The minimum Gasteiger partial charge on any atom is -0.346 e. The first-order chi connectivity index (χ1) is 11.6. The van der Waals surface area contributed by atoms with Crippen LogP contribution in [-0.2, 0) is 9.47 Å². The first-order valence-corrected chi connectivity index (χ1v) is 9.19. The van der Waals surface area contributed by atoms with Gasteiger partial charge in [0.05, 0.1) is 24.1 Å². The fourth-order valence-electron chi connectivity index (χ4n) is 3.81. The largest absolute Gasteiger partial charge is 0.346 e. The van der Waals surface area contributed by atoms with Gasteiger partial charge in [-0.2, -0.15) is 0 Å². The number of nitrogens with one attached hydrogen (secondary N) is 1. The van der Waals surface area contributed by atoms with E-state index in [1.54, 1.807) is 13.0 Å². The van der Waals surface area contributed by atoms with Crippen LogP contribution >= 0.6 is 11.3 Å². The van der Waals surface area contributed by atoms with Crippen molar-refractivity contribution >= 4 is 27.3 Å². The van der Waals surface area contributed by atoms with E-state index in [1.807, 2.05) is 6.07 Å². The van der Waals surface area contributed by atoms with Crippen LogP contribution in [0.3, 0.4) is 0 Å². The number of hydrogen-bond donors (Lipinski definition) is 1. The quantitative estimate of drug-likeness (QED) is 0.898. The summed E-state index contributed by atoms with van der Waals surface area (Å²) >= 11 is 1.33. The summed E-state index contributed by atoms with van der Waals surface area (Å²) in [4.78, 5) is 13.4. The molecule has 1 aliphatic carbocycles. The molecule has 2 heterocycles. The molecule has 1 aromatic carbocycles. The molecule has 1 aromatic heterocycles. The van der Waals surface area contributed by atoms with Gasteiger partial charge in [0, 0.05) is 16.5 Å². The Morgan fingerprint density at radius 1 is 1.33 bits per heavy atom. The maximum absolute atomic E-state index is 14.1. The zero-order valence-corrected chi connectivity index (χ0v) is 14.4. The van der Waals surface area contributed by atoms with Gasteiger partial charge in [-0.1, -0.05) is 12.5 Å². The van der Waals surface area contributed by atoms with E-state index in [2.05, 4.69) is 5.32 Å². The second-order valence-electron chi connectivity index (χ2n) is 6.45. The predicted molar refractivity (Wildman–Crippen MR) is 90.9 cm³/mol. The van der Waals surface area contributed by atoms with Gasteiger partial charge >= 0.3 is 0 Å². The van der Waals surface area contributed by atoms with Crippen molar-refractivity contribution in [3.8, 4) is 0 Å². The molecule has 128 valence electrons. The van der Waals surface area contributed by atoms with Gasteiger partial charge in [-0.05, 0) is 37.5 Å². The van der Waals surface area contributed by atoms with Crippen molar-refractivity contribution in [3.63, 3.8) is 0 Å². The Bertz CT molecular complexity index is 782. The standard InChI is InChI=1S/C18H20FNO3S/c1-11-15-12(19)5-4-6-13(15)24-16(11)17(21)20-14-7-2-3-8-18(14)22-9-10-23-18/h4-6,14H,2-3,7-10H2,1H3,(H,20,21)/t14-/m0/s1. The number of aryl methyl sites for hydroxylation is 1. The van der Waals surface area contributed by atoms with Crippen molar-refractivity contribution in [1.82, 2.24) is 5.32 Å². The van der Waals surface area contributed by atoms with Gasteiger partial charge in [-0.15, -0.1) is 11.3 Å². The molecule has 1 saturated heterocycles. The van der Waals surface area contributed by atoms with E-state index in [-0.39, 0.29) is 17.8 Å². The predicted octanol–water partition coefficient (Wildman–Crippen LogP) is 3.76. The third kappa shape index (κ3) is 2.53. The molecule has 1 atom stereocenters. The number of fused-ring (bicyclic) bond motifs is 1. The van der Waals surface area contributed by atoms with E-state index in [0.29, 0.717) is 29.0 Å². The van der Waals surface area contributed by atoms with Gasteiger partial charge in [-0.3, -0.25) is 4.79 Å². The molecule has 1 spiro atoms. The summed E-state index contributed by atoms with van der Waals surface area (Å²) in [7, 11) is 0. The SMILES string of the molecule is Cc1c(C(=O)N[C@H]2CCCCC23OCCO3)sc2cccc(F)c12. The summed E-state index contributed by atoms with van der Waals surface area (Å²) in [6, 6.07) is 4.79. The number of halogens is 1. The van der Waals surface area contributed by atoms with Gasteiger partial charge < -0.3 is 14.8 Å². The van der Waals surface area contributed by atoms with E-state index in [4.69, 9.17) is 9.47 Å². The highest BCUT2D eigenvalue weighted by Gasteiger charge is 2.46. The molecule has 2 fully saturated rings. The Morgan fingerprint density at radius 2 is 2.12 bits per heavy atom. The van der Waals surface area contributed by atoms with Crippen molar-refractivity contribution in [3.05, 3.63) is 34.5 Å². The molecular formula is C18H20FNO3S. The lowest BCUT2D eigenvalue weighted by atomic mass is 9.89. The number of hydrogen-bond acceptors (Lipinski definition) is 4. The fraction of sp³-hybridized carbons (Fsp3) is 0.500. The summed E-state index contributed by atoms with van der Waals surface area (Å²) in [5.41, 5.74) is 0.698. The fourth-order valence-corrected chi connectivity index (χ4v) is 4.93. The average Bonchev–Trinajstić information content (AvgIpc) is 3.16. The molecule has 0 radical (unpaired) electrons. The number of amides is 1. The number of benzene rings is 1. The number of rotatable bonds is 2. The van der Waals surface area contributed by atoms with Gasteiger partial charge in [0.2, 0.25) is 0 Å².